The van der Waals surface area contributed by atoms with Gasteiger partial charge in [0, 0.05) is 19.5 Å². The van der Waals surface area contributed by atoms with Crippen molar-refractivity contribution in [2.24, 2.45) is 0 Å². The second-order valence-electron chi connectivity index (χ2n) is 6.31. The van der Waals surface area contributed by atoms with Crippen LogP contribution in [0.4, 0.5) is 0 Å². The first-order chi connectivity index (χ1) is 12.7. The Kier molecular flexibility index (Phi) is 12.2. The van der Waals surface area contributed by atoms with Crippen LogP contribution in [-0.4, -0.2) is 49.7 Å². The first-order valence-corrected chi connectivity index (χ1v) is 9.73. The third kappa shape index (κ3) is 10.9. The largest absolute Gasteiger partial charge is 0.466 e. The van der Waals surface area contributed by atoms with Crippen molar-refractivity contribution in [3.05, 3.63) is 35.9 Å². The summed E-state index contributed by atoms with van der Waals surface area (Å²) in [6.45, 7) is 7.08. The van der Waals surface area contributed by atoms with Gasteiger partial charge >= 0.3 is 11.9 Å². The van der Waals surface area contributed by atoms with Crippen LogP contribution < -0.4 is 0 Å². The van der Waals surface area contributed by atoms with Crippen LogP contribution in [0, 0.1) is 0 Å². The highest BCUT2D eigenvalue weighted by atomic mass is 16.5. The standard InChI is InChI=1S/C21H33NO4/c1-3-5-18-26-20(23)12-9-15-22(17-14-21(24)25-4-2)16-13-19-10-7-6-8-11-19/h6-8,10-11H,3-5,9,12-18H2,1-2H3. The van der Waals surface area contributed by atoms with E-state index in [2.05, 4.69) is 24.0 Å². The molecule has 5 heteroatoms. The van der Waals surface area contributed by atoms with Crippen LogP contribution in [0.25, 0.3) is 0 Å². The highest BCUT2D eigenvalue weighted by molar-refractivity contribution is 5.69. The lowest BCUT2D eigenvalue weighted by Gasteiger charge is -2.22. The molecule has 0 saturated carbocycles. The molecule has 0 radical (unpaired) electrons. The zero-order valence-electron chi connectivity index (χ0n) is 16.2. The minimum atomic E-state index is -0.170. The zero-order chi connectivity index (χ0) is 19.0. The lowest BCUT2D eigenvalue weighted by Crippen LogP contribution is -2.30. The maximum absolute atomic E-state index is 11.7. The minimum absolute atomic E-state index is 0.133. The molecule has 0 amide bonds. The van der Waals surface area contributed by atoms with Gasteiger partial charge in [-0.25, -0.2) is 0 Å². The molecule has 146 valence electrons. The van der Waals surface area contributed by atoms with E-state index in [4.69, 9.17) is 9.47 Å². The number of rotatable bonds is 14. The van der Waals surface area contributed by atoms with E-state index in [1.165, 1.54) is 5.56 Å². The Morgan fingerprint density at radius 2 is 1.62 bits per heavy atom. The molecule has 26 heavy (non-hydrogen) atoms. The monoisotopic (exact) mass is 363 g/mol. The van der Waals surface area contributed by atoms with E-state index >= 15 is 0 Å². The van der Waals surface area contributed by atoms with Crippen LogP contribution in [0.1, 0.15) is 51.5 Å². The van der Waals surface area contributed by atoms with Gasteiger partial charge in [-0.1, -0.05) is 43.7 Å². The van der Waals surface area contributed by atoms with Gasteiger partial charge in [-0.15, -0.1) is 0 Å². The Bertz CT molecular complexity index is 504. The predicted octanol–water partition coefficient (Wildman–Crippen LogP) is 3.61. The fourth-order valence-electron chi connectivity index (χ4n) is 2.60. The maximum Gasteiger partial charge on any atom is 0.307 e. The molecule has 0 aliphatic heterocycles. The molecule has 0 fully saturated rings. The van der Waals surface area contributed by atoms with Gasteiger partial charge in [-0.05, 0) is 38.3 Å². The Hall–Kier alpha value is -1.88. The van der Waals surface area contributed by atoms with Gasteiger partial charge in [0.25, 0.3) is 0 Å². The van der Waals surface area contributed by atoms with Gasteiger partial charge in [0.1, 0.15) is 0 Å². The van der Waals surface area contributed by atoms with Gasteiger partial charge in [0.15, 0.2) is 0 Å². The van der Waals surface area contributed by atoms with E-state index in [0.717, 1.165) is 38.8 Å². The van der Waals surface area contributed by atoms with Crippen LogP contribution >= 0.6 is 0 Å². The molecule has 0 unspecified atom stereocenters. The van der Waals surface area contributed by atoms with Crippen molar-refractivity contribution in [1.82, 2.24) is 4.90 Å². The van der Waals surface area contributed by atoms with Gasteiger partial charge in [-0.2, -0.15) is 0 Å². The smallest absolute Gasteiger partial charge is 0.307 e. The van der Waals surface area contributed by atoms with Crippen LogP contribution in [0.15, 0.2) is 30.3 Å². The number of nitrogens with zero attached hydrogens (tertiary/aromatic N) is 1. The van der Waals surface area contributed by atoms with Crippen molar-refractivity contribution >= 4 is 11.9 Å². The summed E-state index contributed by atoms with van der Waals surface area (Å²) in [6, 6.07) is 10.3. The topological polar surface area (TPSA) is 55.8 Å². The fraction of sp³-hybridized carbons (Fsp3) is 0.619. The van der Waals surface area contributed by atoms with Crippen LogP contribution in [0.2, 0.25) is 0 Å². The van der Waals surface area contributed by atoms with Gasteiger partial charge < -0.3 is 14.4 Å². The first kappa shape index (κ1) is 22.2. The van der Waals surface area contributed by atoms with Crippen LogP contribution in [0.3, 0.4) is 0 Å². The summed E-state index contributed by atoms with van der Waals surface area (Å²) >= 11 is 0. The molecule has 1 aromatic rings. The van der Waals surface area contributed by atoms with Gasteiger partial charge in [0.05, 0.1) is 19.6 Å². The number of carbonyl (C=O) groups excluding carboxylic acids is 2. The summed E-state index contributed by atoms with van der Waals surface area (Å²) in [5.74, 6) is -0.303. The number of carbonyl (C=O) groups is 2. The Balaban J connectivity index is 2.38. The third-order valence-corrected chi connectivity index (χ3v) is 4.11. The van der Waals surface area contributed by atoms with Crippen LogP contribution in [-0.2, 0) is 25.5 Å². The molecule has 0 aliphatic rings. The van der Waals surface area contributed by atoms with Crippen molar-refractivity contribution in [1.29, 1.82) is 0 Å². The number of ether oxygens (including phenoxy) is 2. The molecule has 1 rings (SSSR count). The van der Waals surface area contributed by atoms with Crippen molar-refractivity contribution < 1.29 is 19.1 Å². The van der Waals surface area contributed by atoms with Crippen molar-refractivity contribution in [2.75, 3.05) is 32.8 Å². The van der Waals surface area contributed by atoms with Gasteiger partial charge in [-0.3, -0.25) is 9.59 Å². The van der Waals surface area contributed by atoms with Crippen LogP contribution in [0.5, 0.6) is 0 Å². The molecule has 0 aromatic heterocycles. The Labute approximate surface area is 157 Å². The summed E-state index contributed by atoms with van der Waals surface area (Å²) < 4.78 is 10.2. The summed E-state index contributed by atoms with van der Waals surface area (Å²) in [5, 5.41) is 0. The molecule has 0 saturated heterocycles. The molecule has 0 atom stereocenters. The molecule has 0 N–H and O–H groups in total. The van der Waals surface area contributed by atoms with E-state index in [1.54, 1.807) is 0 Å². The maximum atomic E-state index is 11.7. The third-order valence-electron chi connectivity index (χ3n) is 4.11. The highest BCUT2D eigenvalue weighted by Gasteiger charge is 2.11. The molecule has 0 aliphatic carbocycles. The van der Waals surface area contributed by atoms with E-state index in [-0.39, 0.29) is 11.9 Å². The Morgan fingerprint density at radius 1 is 0.885 bits per heavy atom. The summed E-state index contributed by atoms with van der Waals surface area (Å²) in [5.41, 5.74) is 1.27. The quantitative estimate of drug-likeness (QED) is 0.373. The minimum Gasteiger partial charge on any atom is -0.466 e. The second-order valence-corrected chi connectivity index (χ2v) is 6.31. The number of hydrogen-bond acceptors (Lipinski definition) is 5. The molecule has 5 nitrogen and oxygen atoms in total. The lowest BCUT2D eigenvalue weighted by molar-refractivity contribution is -0.145. The summed E-state index contributed by atoms with van der Waals surface area (Å²) in [4.78, 5) is 25.6. The van der Waals surface area contributed by atoms with E-state index in [9.17, 15) is 9.59 Å². The van der Waals surface area contributed by atoms with Crippen molar-refractivity contribution in [3.8, 4) is 0 Å². The molecule has 0 heterocycles. The van der Waals surface area contributed by atoms with Crippen molar-refractivity contribution in [3.63, 3.8) is 0 Å². The van der Waals surface area contributed by atoms with Gasteiger partial charge in [0.2, 0.25) is 0 Å². The second kappa shape index (κ2) is 14.3. The van der Waals surface area contributed by atoms with E-state index in [0.29, 0.717) is 32.6 Å². The molecule has 0 bridgehead atoms. The zero-order valence-corrected chi connectivity index (χ0v) is 16.2. The Morgan fingerprint density at radius 3 is 2.31 bits per heavy atom. The number of hydrogen-bond donors (Lipinski definition) is 0. The molecular weight excluding hydrogens is 330 g/mol. The average molecular weight is 363 g/mol. The molecule has 1 aromatic carbocycles. The highest BCUT2D eigenvalue weighted by Crippen LogP contribution is 2.05. The van der Waals surface area contributed by atoms with Crippen molar-refractivity contribution in [2.45, 2.75) is 52.4 Å². The number of esters is 2. The number of unbranched alkanes of at least 4 members (excludes halogenated alkanes) is 1. The van der Waals surface area contributed by atoms with E-state index < -0.39 is 0 Å². The first-order valence-electron chi connectivity index (χ1n) is 9.73. The SMILES string of the molecule is CCCCOC(=O)CCCN(CCC(=O)OCC)CCc1ccccc1. The normalized spacial score (nSPS) is 10.7. The molecule has 0 spiro atoms. The predicted molar refractivity (Wildman–Crippen MR) is 103 cm³/mol. The summed E-state index contributed by atoms with van der Waals surface area (Å²) in [7, 11) is 0. The lowest BCUT2D eigenvalue weighted by atomic mass is 10.1. The average Bonchev–Trinajstić information content (AvgIpc) is 2.65. The fourth-order valence-corrected chi connectivity index (χ4v) is 2.60. The van der Waals surface area contributed by atoms with E-state index in [1.807, 2.05) is 25.1 Å². The summed E-state index contributed by atoms with van der Waals surface area (Å²) in [6.07, 6.45) is 4.39. The molecular formula is C21H33NO4. The number of benzene rings is 1.